The monoisotopic (exact) mass is 647 g/mol. The summed E-state index contributed by atoms with van der Waals surface area (Å²) < 4.78 is 35.3. The van der Waals surface area contributed by atoms with Crippen molar-refractivity contribution in [2.45, 2.75) is 30.8 Å². The second-order valence-corrected chi connectivity index (χ2v) is 12.9. The number of nitrogens with zero attached hydrogens (tertiary/aromatic N) is 2. The highest BCUT2D eigenvalue weighted by Crippen LogP contribution is 2.29. The molecule has 0 bridgehead atoms. The molecule has 0 unspecified atom stereocenters. The molecule has 5 aromatic carbocycles. The first-order valence-corrected chi connectivity index (χ1v) is 16.7. The number of likely N-dealkylation sites (N-methyl/N-ethyl adjacent to an activating group) is 1. The third-order valence-corrected chi connectivity index (χ3v) is 9.49. The summed E-state index contributed by atoms with van der Waals surface area (Å²) in [7, 11) is -2.67. The fourth-order valence-electron chi connectivity index (χ4n) is 5.16. The molecule has 9 heteroatoms. The first-order valence-electron chi connectivity index (χ1n) is 15.3. The minimum absolute atomic E-state index is 0.0367. The van der Waals surface area contributed by atoms with E-state index in [0.717, 1.165) is 21.0 Å². The maximum Gasteiger partial charge on any atom is 0.264 e. The van der Waals surface area contributed by atoms with Gasteiger partial charge in [0.05, 0.1) is 10.6 Å². The predicted octanol–water partition coefficient (Wildman–Crippen LogP) is 6.37. The van der Waals surface area contributed by atoms with E-state index in [0.29, 0.717) is 11.5 Å². The Bertz CT molecular complexity index is 1870. The average molecular weight is 648 g/mol. The van der Waals surface area contributed by atoms with Crippen molar-refractivity contribution in [2.24, 2.45) is 0 Å². The molecule has 5 rings (SSSR count). The first kappa shape index (κ1) is 33.0. The standard InChI is InChI=1S/C38H37N3O5S/c1-29-18-20-31(21-19-29)27-40(36(38(43)39-2)26-30-12-6-3-7-13-30)37(42)28-41(47(44,45)35-16-10-5-11-17-35)32-22-24-34(25-23-32)46-33-14-8-4-9-15-33/h3-25,36H,26-28H2,1-2H3,(H,39,43)/t36-/m1/s1. The molecule has 0 heterocycles. The van der Waals surface area contributed by atoms with Crippen LogP contribution >= 0.6 is 0 Å². The quantitative estimate of drug-likeness (QED) is 0.160. The van der Waals surface area contributed by atoms with Crippen LogP contribution < -0.4 is 14.4 Å². The average Bonchev–Trinajstić information content (AvgIpc) is 3.10. The summed E-state index contributed by atoms with van der Waals surface area (Å²) in [6.45, 7) is 1.54. The number of hydrogen-bond donors (Lipinski definition) is 1. The lowest BCUT2D eigenvalue weighted by Gasteiger charge is -2.33. The van der Waals surface area contributed by atoms with E-state index in [2.05, 4.69) is 5.32 Å². The van der Waals surface area contributed by atoms with Gasteiger partial charge in [-0.05, 0) is 66.6 Å². The molecular weight excluding hydrogens is 611 g/mol. The Morgan fingerprint density at radius 2 is 1.26 bits per heavy atom. The molecule has 1 N–H and O–H groups in total. The molecule has 240 valence electrons. The maximum absolute atomic E-state index is 14.5. The summed E-state index contributed by atoms with van der Waals surface area (Å²) in [4.78, 5) is 29.4. The topological polar surface area (TPSA) is 96.0 Å². The highest BCUT2D eigenvalue weighted by Gasteiger charge is 2.34. The fourth-order valence-corrected chi connectivity index (χ4v) is 6.60. The van der Waals surface area contributed by atoms with E-state index in [4.69, 9.17) is 4.74 Å². The van der Waals surface area contributed by atoms with Crippen molar-refractivity contribution < 1.29 is 22.7 Å². The highest BCUT2D eigenvalue weighted by molar-refractivity contribution is 7.92. The normalized spacial score (nSPS) is 11.7. The van der Waals surface area contributed by atoms with E-state index in [9.17, 15) is 18.0 Å². The largest absolute Gasteiger partial charge is 0.457 e. The number of hydrogen-bond acceptors (Lipinski definition) is 5. The molecule has 1 atom stereocenters. The van der Waals surface area contributed by atoms with Crippen molar-refractivity contribution in [1.82, 2.24) is 10.2 Å². The Morgan fingerprint density at radius 1 is 0.702 bits per heavy atom. The number of nitrogens with one attached hydrogen (secondary N) is 1. The number of aryl methyl sites for hydroxylation is 1. The van der Waals surface area contributed by atoms with Crippen LogP contribution in [0.5, 0.6) is 11.5 Å². The Hall–Kier alpha value is -5.41. The molecule has 0 saturated carbocycles. The summed E-state index contributed by atoms with van der Waals surface area (Å²) in [5.74, 6) is 0.259. The number of sulfonamides is 1. The zero-order valence-corrected chi connectivity index (χ0v) is 27.1. The van der Waals surface area contributed by atoms with Crippen molar-refractivity contribution in [1.29, 1.82) is 0 Å². The van der Waals surface area contributed by atoms with Gasteiger partial charge in [0.15, 0.2) is 0 Å². The van der Waals surface area contributed by atoms with Crippen LogP contribution in [0.1, 0.15) is 16.7 Å². The summed E-state index contributed by atoms with van der Waals surface area (Å²) in [6, 6.07) is 40.0. The number of anilines is 1. The van der Waals surface area contributed by atoms with E-state index in [-0.39, 0.29) is 29.5 Å². The van der Waals surface area contributed by atoms with Gasteiger partial charge in [0.1, 0.15) is 24.1 Å². The molecule has 0 aromatic heterocycles. The van der Waals surface area contributed by atoms with Crippen LogP contribution in [0.25, 0.3) is 0 Å². The molecule has 0 radical (unpaired) electrons. The lowest BCUT2D eigenvalue weighted by molar-refractivity contribution is -0.139. The Kier molecular flexibility index (Phi) is 10.7. The molecule has 8 nitrogen and oxygen atoms in total. The summed E-state index contributed by atoms with van der Waals surface area (Å²) >= 11 is 0. The van der Waals surface area contributed by atoms with Crippen molar-refractivity contribution in [2.75, 3.05) is 17.9 Å². The second kappa shape index (κ2) is 15.2. The lowest BCUT2D eigenvalue weighted by atomic mass is 10.0. The molecule has 0 saturated heterocycles. The molecule has 0 aliphatic heterocycles. The van der Waals surface area contributed by atoms with Gasteiger partial charge in [-0.3, -0.25) is 13.9 Å². The lowest BCUT2D eigenvalue weighted by Crippen LogP contribution is -2.53. The number of para-hydroxylation sites is 1. The highest BCUT2D eigenvalue weighted by atomic mass is 32.2. The predicted molar refractivity (Wildman–Crippen MR) is 184 cm³/mol. The van der Waals surface area contributed by atoms with E-state index >= 15 is 0 Å². The van der Waals surface area contributed by atoms with Gasteiger partial charge >= 0.3 is 0 Å². The molecule has 2 amide bonds. The second-order valence-electron chi connectivity index (χ2n) is 11.1. The Labute approximate surface area is 276 Å². The summed E-state index contributed by atoms with van der Waals surface area (Å²) in [6.07, 6.45) is 0.245. The van der Waals surface area contributed by atoms with Gasteiger partial charge in [-0.1, -0.05) is 96.6 Å². The molecule has 0 fully saturated rings. The molecule has 0 aliphatic carbocycles. The first-order chi connectivity index (χ1) is 22.7. The number of amides is 2. The number of carbonyl (C=O) groups excluding carboxylic acids is 2. The minimum Gasteiger partial charge on any atom is -0.457 e. The van der Waals surface area contributed by atoms with Crippen molar-refractivity contribution in [3.8, 4) is 11.5 Å². The molecule has 0 spiro atoms. The molecular formula is C38H37N3O5S. The zero-order valence-electron chi connectivity index (χ0n) is 26.3. The van der Waals surface area contributed by atoms with Gasteiger partial charge in [-0.15, -0.1) is 0 Å². The summed E-state index contributed by atoms with van der Waals surface area (Å²) in [5, 5.41) is 2.70. The number of ether oxygens (including phenoxy) is 1. The maximum atomic E-state index is 14.5. The van der Waals surface area contributed by atoms with Gasteiger partial charge in [0.25, 0.3) is 10.0 Å². The molecule has 47 heavy (non-hydrogen) atoms. The SMILES string of the molecule is CNC(=O)[C@@H](Cc1ccccc1)N(Cc1ccc(C)cc1)C(=O)CN(c1ccc(Oc2ccccc2)cc1)S(=O)(=O)c1ccccc1. The van der Waals surface area contributed by atoms with Crippen molar-refractivity contribution in [3.05, 3.63) is 156 Å². The fraction of sp³-hybridized carbons (Fsp3) is 0.158. The number of benzene rings is 5. The smallest absolute Gasteiger partial charge is 0.264 e. The third-order valence-electron chi connectivity index (χ3n) is 7.70. The number of rotatable bonds is 13. The minimum atomic E-state index is -4.20. The van der Waals surface area contributed by atoms with Gasteiger partial charge < -0.3 is 15.0 Å². The van der Waals surface area contributed by atoms with Crippen molar-refractivity contribution in [3.63, 3.8) is 0 Å². The van der Waals surface area contributed by atoms with E-state index < -0.39 is 28.5 Å². The van der Waals surface area contributed by atoms with Crippen LogP contribution in [0.2, 0.25) is 0 Å². The van der Waals surface area contributed by atoms with Crippen LogP contribution in [0.15, 0.2) is 144 Å². The molecule has 0 aliphatic rings. The molecule has 5 aromatic rings. The van der Waals surface area contributed by atoms with E-state index in [1.165, 1.54) is 24.1 Å². The Balaban J connectivity index is 1.53. The van der Waals surface area contributed by atoms with Crippen LogP contribution in [0, 0.1) is 6.92 Å². The van der Waals surface area contributed by atoms with Crippen LogP contribution in [0.3, 0.4) is 0 Å². The van der Waals surface area contributed by atoms with Gasteiger partial charge in [0.2, 0.25) is 11.8 Å². The third kappa shape index (κ3) is 8.45. The Morgan fingerprint density at radius 3 is 1.85 bits per heavy atom. The van der Waals surface area contributed by atoms with Crippen LogP contribution in [-0.2, 0) is 32.6 Å². The van der Waals surface area contributed by atoms with Crippen LogP contribution in [-0.4, -0.2) is 44.8 Å². The van der Waals surface area contributed by atoms with E-state index in [1.807, 2.05) is 91.9 Å². The van der Waals surface area contributed by atoms with Gasteiger partial charge in [-0.2, -0.15) is 0 Å². The zero-order chi connectivity index (χ0) is 33.2. The van der Waals surface area contributed by atoms with Crippen LogP contribution in [0.4, 0.5) is 5.69 Å². The van der Waals surface area contributed by atoms with Crippen molar-refractivity contribution >= 4 is 27.5 Å². The summed E-state index contributed by atoms with van der Waals surface area (Å²) in [5.41, 5.74) is 3.01. The van der Waals surface area contributed by atoms with Gasteiger partial charge in [0, 0.05) is 20.0 Å². The van der Waals surface area contributed by atoms with Gasteiger partial charge in [-0.25, -0.2) is 8.42 Å². The number of carbonyl (C=O) groups is 2. The van der Waals surface area contributed by atoms with E-state index in [1.54, 1.807) is 42.5 Å².